The molecule has 1 rings (SSSR count). The molecule has 0 aliphatic rings. The molecule has 0 spiro atoms. The van der Waals surface area contributed by atoms with Crippen LogP contribution in [-0.2, 0) is 10.2 Å². The summed E-state index contributed by atoms with van der Waals surface area (Å²) in [4.78, 5) is 12.0. The zero-order chi connectivity index (χ0) is 16.8. The summed E-state index contributed by atoms with van der Waals surface area (Å²) in [5.74, 6) is 0.973. The molecule has 1 amide bonds. The monoisotopic (exact) mass is 318 g/mol. The minimum Gasteiger partial charge on any atom is -0.348 e. The number of nitriles is 1. The highest BCUT2D eigenvalue weighted by Crippen LogP contribution is 2.26. The van der Waals surface area contributed by atoms with E-state index in [0.29, 0.717) is 17.4 Å². The molecule has 1 aromatic rings. The van der Waals surface area contributed by atoms with Crippen molar-refractivity contribution in [3.8, 4) is 6.07 Å². The van der Waals surface area contributed by atoms with Crippen LogP contribution in [0.4, 0.5) is 0 Å². The predicted molar refractivity (Wildman–Crippen MR) is 93.8 cm³/mol. The molecule has 0 aliphatic heterocycles. The highest BCUT2D eigenvalue weighted by molar-refractivity contribution is 8.00. The molecule has 1 atom stereocenters. The van der Waals surface area contributed by atoms with Gasteiger partial charge in [-0.15, -0.1) is 11.8 Å². The zero-order valence-electron chi connectivity index (χ0n) is 14.1. The topological polar surface area (TPSA) is 52.9 Å². The lowest BCUT2D eigenvalue weighted by molar-refractivity contribution is -0.119. The molecule has 1 aromatic carbocycles. The molecular weight excluding hydrogens is 292 g/mol. The smallest absolute Gasteiger partial charge is 0.230 e. The summed E-state index contributed by atoms with van der Waals surface area (Å²) in [6.07, 6.45) is 0. The first kappa shape index (κ1) is 18.6. The Morgan fingerprint density at radius 3 is 2.32 bits per heavy atom. The first-order chi connectivity index (χ1) is 10.3. The first-order valence-corrected chi connectivity index (χ1v) is 8.75. The van der Waals surface area contributed by atoms with Gasteiger partial charge in [0.05, 0.1) is 23.6 Å². The maximum atomic E-state index is 12.0. The number of hydrogen-bond acceptors (Lipinski definition) is 3. The number of carbonyl (C=O) groups is 1. The van der Waals surface area contributed by atoms with Crippen LogP contribution in [-0.4, -0.2) is 17.4 Å². The SMILES string of the molecule is CC(C)C(NC(=O)CSCC#N)c1ccc(C(C)(C)C)cc1. The lowest BCUT2D eigenvalue weighted by Crippen LogP contribution is -2.33. The lowest BCUT2D eigenvalue weighted by atomic mass is 9.85. The molecule has 0 radical (unpaired) electrons. The van der Waals surface area contributed by atoms with Crippen LogP contribution in [0.5, 0.6) is 0 Å². The van der Waals surface area contributed by atoms with Gasteiger partial charge in [0.1, 0.15) is 0 Å². The molecule has 0 bridgehead atoms. The number of amides is 1. The second-order valence-electron chi connectivity index (χ2n) is 6.81. The highest BCUT2D eigenvalue weighted by atomic mass is 32.2. The largest absolute Gasteiger partial charge is 0.348 e. The molecule has 22 heavy (non-hydrogen) atoms. The lowest BCUT2D eigenvalue weighted by Gasteiger charge is -2.25. The van der Waals surface area contributed by atoms with Gasteiger partial charge in [-0.3, -0.25) is 4.79 Å². The molecule has 0 aliphatic carbocycles. The van der Waals surface area contributed by atoms with Gasteiger partial charge in [-0.05, 0) is 22.5 Å². The van der Waals surface area contributed by atoms with Gasteiger partial charge in [0.15, 0.2) is 0 Å². The minimum absolute atomic E-state index is 0.00389. The van der Waals surface area contributed by atoms with Crippen molar-refractivity contribution < 1.29 is 4.79 Å². The summed E-state index contributed by atoms with van der Waals surface area (Å²) < 4.78 is 0. The minimum atomic E-state index is -0.0150. The van der Waals surface area contributed by atoms with E-state index in [4.69, 9.17) is 5.26 Å². The van der Waals surface area contributed by atoms with Crippen LogP contribution in [0.15, 0.2) is 24.3 Å². The Kier molecular flexibility index (Phi) is 6.96. The van der Waals surface area contributed by atoms with Gasteiger partial charge >= 0.3 is 0 Å². The number of thioether (sulfide) groups is 1. The Balaban J connectivity index is 2.79. The molecule has 0 aromatic heterocycles. The Morgan fingerprint density at radius 2 is 1.86 bits per heavy atom. The summed E-state index contributed by atoms with van der Waals surface area (Å²) in [5.41, 5.74) is 2.54. The fourth-order valence-electron chi connectivity index (χ4n) is 2.23. The Morgan fingerprint density at radius 1 is 1.27 bits per heavy atom. The van der Waals surface area contributed by atoms with Crippen molar-refractivity contribution in [2.75, 3.05) is 11.5 Å². The van der Waals surface area contributed by atoms with Crippen LogP contribution >= 0.6 is 11.8 Å². The number of nitrogens with zero attached hydrogens (tertiary/aromatic N) is 1. The van der Waals surface area contributed by atoms with Crippen molar-refractivity contribution >= 4 is 17.7 Å². The first-order valence-electron chi connectivity index (χ1n) is 7.60. The third-order valence-electron chi connectivity index (χ3n) is 3.52. The highest BCUT2D eigenvalue weighted by Gasteiger charge is 2.19. The van der Waals surface area contributed by atoms with E-state index < -0.39 is 0 Å². The average Bonchev–Trinajstić information content (AvgIpc) is 2.44. The number of hydrogen-bond donors (Lipinski definition) is 1. The van der Waals surface area contributed by atoms with E-state index in [1.807, 2.05) is 6.07 Å². The van der Waals surface area contributed by atoms with E-state index in [0.717, 1.165) is 5.56 Å². The van der Waals surface area contributed by atoms with Crippen molar-refractivity contribution in [1.82, 2.24) is 5.32 Å². The average molecular weight is 318 g/mol. The van der Waals surface area contributed by atoms with E-state index >= 15 is 0 Å². The maximum Gasteiger partial charge on any atom is 0.230 e. The van der Waals surface area contributed by atoms with E-state index in [2.05, 4.69) is 64.2 Å². The molecule has 1 N–H and O–H groups in total. The van der Waals surface area contributed by atoms with Crippen molar-refractivity contribution in [3.63, 3.8) is 0 Å². The van der Waals surface area contributed by atoms with E-state index in [1.54, 1.807) is 0 Å². The number of benzene rings is 1. The van der Waals surface area contributed by atoms with Gasteiger partial charge in [-0.1, -0.05) is 58.9 Å². The molecule has 0 saturated carbocycles. The number of nitrogens with one attached hydrogen (secondary N) is 1. The molecule has 4 heteroatoms. The quantitative estimate of drug-likeness (QED) is 0.805. The van der Waals surface area contributed by atoms with Gasteiger partial charge in [-0.2, -0.15) is 5.26 Å². The second-order valence-corrected chi connectivity index (χ2v) is 7.80. The van der Waals surface area contributed by atoms with Gasteiger partial charge in [-0.25, -0.2) is 0 Å². The summed E-state index contributed by atoms with van der Waals surface area (Å²) in [6, 6.07) is 10.5. The second kappa shape index (κ2) is 8.24. The predicted octanol–water partition coefficient (Wildman–Crippen LogP) is 4.05. The molecular formula is C18H26N2OS. The van der Waals surface area contributed by atoms with Crippen molar-refractivity contribution in [2.45, 2.75) is 46.1 Å². The normalized spacial score (nSPS) is 12.8. The van der Waals surface area contributed by atoms with Crippen LogP contribution in [0.1, 0.15) is 51.8 Å². The Hall–Kier alpha value is -1.47. The molecule has 1 unspecified atom stereocenters. The van der Waals surface area contributed by atoms with Crippen LogP contribution < -0.4 is 5.32 Å². The number of carbonyl (C=O) groups excluding carboxylic acids is 1. The van der Waals surface area contributed by atoms with Gasteiger partial charge < -0.3 is 5.32 Å². The van der Waals surface area contributed by atoms with Crippen LogP contribution in [0.25, 0.3) is 0 Å². The van der Waals surface area contributed by atoms with Crippen LogP contribution in [0.2, 0.25) is 0 Å². The zero-order valence-corrected chi connectivity index (χ0v) is 15.0. The van der Waals surface area contributed by atoms with Crippen molar-refractivity contribution in [3.05, 3.63) is 35.4 Å². The number of rotatable bonds is 6. The van der Waals surface area contributed by atoms with Gasteiger partial charge in [0.25, 0.3) is 0 Å². The van der Waals surface area contributed by atoms with Crippen LogP contribution in [0.3, 0.4) is 0 Å². The molecule has 3 nitrogen and oxygen atoms in total. The summed E-state index contributed by atoms with van der Waals surface area (Å²) in [5, 5.41) is 11.6. The third-order valence-corrected chi connectivity index (χ3v) is 4.32. The maximum absolute atomic E-state index is 12.0. The fraction of sp³-hybridized carbons (Fsp3) is 0.556. The van der Waals surface area contributed by atoms with Gasteiger partial charge in [0, 0.05) is 0 Å². The molecule has 0 heterocycles. The Labute approximate surface area is 138 Å². The van der Waals surface area contributed by atoms with Gasteiger partial charge in [0.2, 0.25) is 5.91 Å². The summed E-state index contributed by atoms with van der Waals surface area (Å²) in [7, 11) is 0. The molecule has 0 saturated heterocycles. The van der Waals surface area contributed by atoms with Crippen molar-refractivity contribution in [1.29, 1.82) is 5.26 Å². The van der Waals surface area contributed by atoms with E-state index in [9.17, 15) is 4.79 Å². The standard InChI is InChI=1S/C18H26N2OS/c1-13(2)17(20-16(21)12-22-11-10-19)14-6-8-15(9-7-14)18(3,4)5/h6-9,13,17H,11-12H2,1-5H3,(H,20,21). The van der Waals surface area contributed by atoms with E-state index in [-0.39, 0.29) is 17.4 Å². The fourth-order valence-corrected chi connectivity index (χ4v) is 2.69. The van der Waals surface area contributed by atoms with E-state index in [1.165, 1.54) is 17.3 Å². The van der Waals surface area contributed by atoms with Crippen molar-refractivity contribution in [2.24, 2.45) is 5.92 Å². The summed E-state index contributed by atoms with van der Waals surface area (Å²) >= 11 is 1.34. The summed E-state index contributed by atoms with van der Waals surface area (Å²) in [6.45, 7) is 10.8. The molecule has 0 fully saturated rings. The molecule has 120 valence electrons. The van der Waals surface area contributed by atoms with Crippen LogP contribution in [0, 0.1) is 17.2 Å². The Bertz CT molecular complexity index is 524. The third kappa shape index (κ3) is 5.73.